The summed E-state index contributed by atoms with van der Waals surface area (Å²) >= 11 is 0. The van der Waals surface area contributed by atoms with Gasteiger partial charge in [-0.1, -0.05) is 24.3 Å². The second-order valence-electron chi connectivity index (χ2n) is 6.94. The van der Waals surface area contributed by atoms with Crippen LogP contribution in [0.2, 0.25) is 0 Å². The molecule has 0 saturated carbocycles. The minimum atomic E-state index is 0.770. The van der Waals surface area contributed by atoms with Crippen molar-refractivity contribution in [2.75, 3.05) is 45.8 Å². The topological polar surface area (TPSA) is 18.5 Å². The number of aryl methyl sites for hydroxylation is 1. The van der Waals surface area contributed by atoms with Gasteiger partial charge in [-0.2, -0.15) is 0 Å². The van der Waals surface area contributed by atoms with Crippen molar-refractivity contribution in [3.8, 4) is 0 Å². The lowest BCUT2D eigenvalue weighted by Gasteiger charge is -2.44. The molecule has 0 bridgehead atoms. The number of rotatable bonds is 3. The summed E-state index contributed by atoms with van der Waals surface area (Å²) in [5.74, 6) is 0.770. The summed E-state index contributed by atoms with van der Waals surface area (Å²) in [7, 11) is 0. The lowest BCUT2D eigenvalue weighted by atomic mass is 9.82. The van der Waals surface area contributed by atoms with Crippen molar-refractivity contribution < 1.29 is 0 Å². The maximum atomic E-state index is 3.39. The fraction of sp³-hybridized carbons (Fsp3) is 0.667. The Morgan fingerprint density at radius 1 is 1.05 bits per heavy atom. The minimum absolute atomic E-state index is 0.770. The predicted molar refractivity (Wildman–Crippen MR) is 86.8 cm³/mol. The molecule has 0 spiro atoms. The van der Waals surface area contributed by atoms with Gasteiger partial charge in [0, 0.05) is 51.9 Å². The standard InChI is InChI=1S/C18H27N3/c1-2-7-18-15(4-1)5-3-6-16(18)14-20-8-10-21(11-9-20)17-12-19-13-17/h1-2,4,7,16-17,19H,3,5-6,8-14H2. The van der Waals surface area contributed by atoms with Crippen molar-refractivity contribution in [2.45, 2.75) is 31.2 Å². The van der Waals surface area contributed by atoms with Crippen LogP contribution in [-0.2, 0) is 6.42 Å². The first-order chi connectivity index (χ1) is 10.4. The molecular formula is C18H27N3. The van der Waals surface area contributed by atoms with E-state index in [4.69, 9.17) is 0 Å². The van der Waals surface area contributed by atoms with Crippen molar-refractivity contribution in [2.24, 2.45) is 0 Å². The Hall–Kier alpha value is -0.900. The number of hydrogen-bond acceptors (Lipinski definition) is 3. The fourth-order valence-corrected chi connectivity index (χ4v) is 4.20. The van der Waals surface area contributed by atoms with E-state index in [0.29, 0.717) is 0 Å². The van der Waals surface area contributed by atoms with E-state index in [1.807, 2.05) is 0 Å². The van der Waals surface area contributed by atoms with Crippen molar-refractivity contribution in [3.05, 3.63) is 35.4 Å². The summed E-state index contributed by atoms with van der Waals surface area (Å²) in [5.41, 5.74) is 3.24. The summed E-state index contributed by atoms with van der Waals surface area (Å²) in [6, 6.07) is 9.95. The van der Waals surface area contributed by atoms with Crippen molar-refractivity contribution in [1.82, 2.24) is 15.1 Å². The first kappa shape index (κ1) is 13.7. The quantitative estimate of drug-likeness (QED) is 0.912. The van der Waals surface area contributed by atoms with Crippen LogP contribution in [0, 0.1) is 0 Å². The van der Waals surface area contributed by atoms with E-state index in [2.05, 4.69) is 39.4 Å². The number of nitrogens with zero attached hydrogens (tertiary/aromatic N) is 2. The summed E-state index contributed by atoms with van der Waals surface area (Å²) in [5, 5.41) is 3.39. The second kappa shape index (κ2) is 6.07. The molecule has 2 fully saturated rings. The van der Waals surface area contributed by atoms with Crippen LogP contribution < -0.4 is 5.32 Å². The molecule has 21 heavy (non-hydrogen) atoms. The third-order valence-electron chi connectivity index (χ3n) is 5.66. The normalized spacial score (nSPS) is 28.1. The smallest absolute Gasteiger partial charge is 0.0346 e. The SMILES string of the molecule is c1ccc2c(c1)CCCC2CN1CCN(C2CNC2)CC1. The molecule has 114 valence electrons. The molecule has 1 aromatic carbocycles. The molecule has 0 amide bonds. The number of hydrogen-bond donors (Lipinski definition) is 1. The van der Waals surface area contributed by atoms with Gasteiger partial charge in [-0.15, -0.1) is 0 Å². The predicted octanol–water partition coefficient (Wildman–Crippen LogP) is 1.70. The zero-order valence-corrected chi connectivity index (χ0v) is 12.9. The Morgan fingerprint density at radius 2 is 1.86 bits per heavy atom. The molecule has 0 aromatic heterocycles. The zero-order chi connectivity index (χ0) is 14.1. The van der Waals surface area contributed by atoms with Crippen LogP contribution in [0.1, 0.15) is 29.9 Å². The third kappa shape index (κ3) is 2.87. The maximum absolute atomic E-state index is 3.39. The third-order valence-corrected chi connectivity index (χ3v) is 5.66. The lowest BCUT2D eigenvalue weighted by Crippen LogP contribution is -2.61. The number of nitrogens with one attached hydrogen (secondary N) is 1. The average Bonchev–Trinajstić information content (AvgIpc) is 2.48. The molecule has 1 N–H and O–H groups in total. The number of fused-ring (bicyclic) bond motifs is 1. The molecule has 0 radical (unpaired) electrons. The average molecular weight is 285 g/mol. The summed E-state index contributed by atoms with van der Waals surface area (Å²) in [6.45, 7) is 8.73. The van der Waals surface area contributed by atoms with E-state index in [-0.39, 0.29) is 0 Å². The molecule has 1 atom stereocenters. The monoisotopic (exact) mass is 285 g/mol. The van der Waals surface area contributed by atoms with E-state index in [0.717, 1.165) is 12.0 Å². The van der Waals surface area contributed by atoms with Gasteiger partial charge in [0.05, 0.1) is 0 Å². The van der Waals surface area contributed by atoms with Gasteiger partial charge in [0.1, 0.15) is 0 Å². The van der Waals surface area contributed by atoms with Gasteiger partial charge in [-0.25, -0.2) is 0 Å². The van der Waals surface area contributed by atoms with E-state index in [9.17, 15) is 0 Å². The number of piperazine rings is 1. The molecule has 1 aromatic rings. The first-order valence-corrected chi connectivity index (χ1v) is 8.65. The van der Waals surface area contributed by atoms with Gasteiger partial charge in [-0.05, 0) is 36.3 Å². The number of benzene rings is 1. The van der Waals surface area contributed by atoms with Gasteiger partial charge in [0.2, 0.25) is 0 Å². The molecule has 3 aliphatic rings. The Bertz CT molecular complexity index is 475. The molecule has 2 saturated heterocycles. The largest absolute Gasteiger partial charge is 0.314 e. The lowest BCUT2D eigenvalue weighted by molar-refractivity contribution is 0.0691. The highest BCUT2D eigenvalue weighted by molar-refractivity contribution is 5.32. The minimum Gasteiger partial charge on any atom is -0.314 e. The van der Waals surface area contributed by atoms with E-state index >= 15 is 0 Å². The van der Waals surface area contributed by atoms with Crippen molar-refractivity contribution >= 4 is 0 Å². The van der Waals surface area contributed by atoms with E-state index in [1.165, 1.54) is 65.1 Å². The molecule has 3 nitrogen and oxygen atoms in total. The van der Waals surface area contributed by atoms with Gasteiger partial charge in [-0.3, -0.25) is 4.90 Å². The second-order valence-corrected chi connectivity index (χ2v) is 6.94. The summed E-state index contributed by atoms with van der Waals surface area (Å²) in [6.07, 6.45) is 4.04. The molecular weight excluding hydrogens is 258 g/mol. The summed E-state index contributed by atoms with van der Waals surface area (Å²) in [4.78, 5) is 5.39. The van der Waals surface area contributed by atoms with Crippen molar-refractivity contribution in [3.63, 3.8) is 0 Å². The van der Waals surface area contributed by atoms with E-state index < -0.39 is 0 Å². The van der Waals surface area contributed by atoms with Gasteiger partial charge < -0.3 is 10.2 Å². The Labute approximate surface area is 128 Å². The molecule has 3 heteroatoms. The Kier molecular flexibility index (Phi) is 3.97. The van der Waals surface area contributed by atoms with Crippen LogP contribution in [0.5, 0.6) is 0 Å². The Balaban J connectivity index is 1.35. The van der Waals surface area contributed by atoms with Gasteiger partial charge >= 0.3 is 0 Å². The highest BCUT2D eigenvalue weighted by Gasteiger charge is 2.29. The maximum Gasteiger partial charge on any atom is 0.0346 e. The van der Waals surface area contributed by atoms with Crippen LogP contribution in [0.25, 0.3) is 0 Å². The summed E-state index contributed by atoms with van der Waals surface area (Å²) < 4.78 is 0. The van der Waals surface area contributed by atoms with Crippen molar-refractivity contribution in [1.29, 1.82) is 0 Å². The molecule has 1 aliphatic carbocycles. The van der Waals surface area contributed by atoms with Crippen LogP contribution in [0.15, 0.2) is 24.3 Å². The van der Waals surface area contributed by atoms with Gasteiger partial charge in [0.15, 0.2) is 0 Å². The highest BCUT2D eigenvalue weighted by Crippen LogP contribution is 2.32. The van der Waals surface area contributed by atoms with E-state index in [1.54, 1.807) is 11.1 Å². The van der Waals surface area contributed by atoms with Gasteiger partial charge in [0.25, 0.3) is 0 Å². The fourth-order valence-electron chi connectivity index (χ4n) is 4.20. The Morgan fingerprint density at radius 3 is 2.62 bits per heavy atom. The molecule has 1 unspecified atom stereocenters. The molecule has 2 aliphatic heterocycles. The van der Waals surface area contributed by atoms with Crippen LogP contribution >= 0.6 is 0 Å². The van der Waals surface area contributed by atoms with Crippen LogP contribution in [0.4, 0.5) is 0 Å². The molecule has 4 rings (SSSR count). The molecule has 2 heterocycles. The zero-order valence-electron chi connectivity index (χ0n) is 12.9. The first-order valence-electron chi connectivity index (χ1n) is 8.65. The van der Waals surface area contributed by atoms with Crippen LogP contribution in [-0.4, -0.2) is 61.7 Å². The van der Waals surface area contributed by atoms with Crippen LogP contribution in [0.3, 0.4) is 0 Å². The highest BCUT2D eigenvalue weighted by atomic mass is 15.3.